The second kappa shape index (κ2) is 14.5. The van der Waals surface area contributed by atoms with Gasteiger partial charge in [-0.2, -0.15) is 5.10 Å². The number of anilines is 1. The molecule has 53 heavy (non-hydrogen) atoms. The Hall–Kier alpha value is -4.88. The standard InChI is InChI=1S/C40H38ClFN7O3Si/c1-24(2)38-30-20-29(9-10-33(30)46-47-38)43-39(50)26-7-11-35-34(18-26)44-36(49(35)23-40(53)14-17-52-40)21-48-15-12-25(13-16-48)32-4-3-5-37(45-32)51-22-27-6-8-28(41)19-31(27)42/h3-12,18-20,24H,13-17,21-23H2,1-2H3,(H,43,50)(H,46,47). The molecule has 5 heterocycles. The van der Waals surface area contributed by atoms with E-state index in [0.29, 0.717) is 54.0 Å². The summed E-state index contributed by atoms with van der Waals surface area (Å²) in [6.45, 7) is 7.71. The number of nitrogens with zero attached hydrogens (tertiary/aromatic N) is 5. The third-order valence-electron chi connectivity index (χ3n) is 9.91. The lowest BCUT2D eigenvalue weighted by atomic mass is 10.0. The molecule has 8 rings (SSSR count). The van der Waals surface area contributed by atoms with Crippen LogP contribution >= 0.6 is 11.6 Å². The first-order valence-corrected chi connectivity index (χ1v) is 18.6. The number of hydrogen-bond donors (Lipinski definition) is 2. The maximum atomic E-state index is 14.3. The van der Waals surface area contributed by atoms with Crippen LogP contribution in [0.5, 0.6) is 5.88 Å². The van der Waals surface area contributed by atoms with Crippen molar-refractivity contribution in [1.29, 1.82) is 0 Å². The van der Waals surface area contributed by atoms with Crippen molar-refractivity contribution in [1.82, 2.24) is 29.6 Å². The van der Waals surface area contributed by atoms with Gasteiger partial charge in [0, 0.05) is 65.2 Å². The second-order valence-electron chi connectivity index (χ2n) is 14.0. The minimum absolute atomic E-state index is 0.0571. The van der Waals surface area contributed by atoms with Gasteiger partial charge in [-0.25, -0.2) is 14.4 Å². The molecular weight excluding hydrogens is 709 g/mol. The fourth-order valence-electron chi connectivity index (χ4n) is 6.85. The number of nitrogens with one attached hydrogen (secondary N) is 2. The van der Waals surface area contributed by atoms with Crippen molar-refractivity contribution in [3.8, 4) is 5.88 Å². The van der Waals surface area contributed by atoms with Crippen LogP contribution in [-0.2, 0) is 24.4 Å². The van der Waals surface area contributed by atoms with Crippen LogP contribution in [0, 0.1) is 5.82 Å². The van der Waals surface area contributed by atoms with Crippen molar-refractivity contribution in [3.05, 3.63) is 118 Å². The predicted octanol–water partition coefficient (Wildman–Crippen LogP) is 7.63. The molecule has 1 saturated heterocycles. The van der Waals surface area contributed by atoms with Crippen molar-refractivity contribution < 1.29 is 18.7 Å². The maximum Gasteiger partial charge on any atom is 0.255 e. The lowest BCUT2D eigenvalue weighted by molar-refractivity contribution is -0.0947. The summed E-state index contributed by atoms with van der Waals surface area (Å²) in [6, 6.07) is 21.6. The van der Waals surface area contributed by atoms with E-state index in [0.717, 1.165) is 64.1 Å². The van der Waals surface area contributed by atoms with Gasteiger partial charge in [-0.05, 0) is 78.9 Å². The molecule has 0 bridgehead atoms. The van der Waals surface area contributed by atoms with E-state index in [9.17, 15) is 9.18 Å². The first-order chi connectivity index (χ1) is 25.6. The zero-order valence-electron chi connectivity index (χ0n) is 29.5. The zero-order chi connectivity index (χ0) is 36.7. The van der Waals surface area contributed by atoms with E-state index in [1.807, 2.05) is 48.5 Å². The summed E-state index contributed by atoms with van der Waals surface area (Å²) in [5.41, 5.74) is 7.22. The van der Waals surface area contributed by atoms with E-state index in [1.54, 1.807) is 18.2 Å². The van der Waals surface area contributed by atoms with Crippen molar-refractivity contribution in [2.45, 2.75) is 57.5 Å². The van der Waals surface area contributed by atoms with Gasteiger partial charge in [0.15, 0.2) is 0 Å². The predicted molar refractivity (Wildman–Crippen MR) is 205 cm³/mol. The summed E-state index contributed by atoms with van der Waals surface area (Å²) in [5, 5.41) is 11.5. The summed E-state index contributed by atoms with van der Waals surface area (Å²) in [4.78, 5) is 25.6. The highest BCUT2D eigenvalue weighted by Gasteiger charge is 2.35. The van der Waals surface area contributed by atoms with Gasteiger partial charge in [-0.15, -0.1) is 0 Å². The minimum atomic E-state index is -0.452. The number of hydrogen-bond acceptors (Lipinski definition) is 7. The topological polar surface area (TPSA) is 110 Å². The van der Waals surface area contributed by atoms with E-state index >= 15 is 0 Å². The molecule has 269 valence electrons. The number of amides is 1. The van der Waals surface area contributed by atoms with Gasteiger partial charge in [0.05, 0.1) is 44.3 Å². The first-order valence-electron chi connectivity index (χ1n) is 17.7. The Morgan fingerprint density at radius 3 is 2.74 bits per heavy atom. The number of fused-ring (bicyclic) bond motifs is 2. The molecule has 10 nitrogen and oxygen atoms in total. The minimum Gasteiger partial charge on any atom is -0.473 e. The van der Waals surface area contributed by atoms with Crippen LogP contribution in [0.3, 0.4) is 0 Å². The Balaban J connectivity index is 0.980. The molecular formula is C40H38ClFN7O3Si. The molecule has 0 spiro atoms. The molecule has 3 aromatic carbocycles. The number of carbonyl (C=O) groups excluding carboxylic acids is 1. The summed E-state index contributed by atoms with van der Waals surface area (Å²) in [5.74, 6) is 0.999. The smallest absolute Gasteiger partial charge is 0.255 e. The zero-order valence-corrected chi connectivity index (χ0v) is 31.2. The van der Waals surface area contributed by atoms with Gasteiger partial charge >= 0.3 is 0 Å². The lowest BCUT2D eigenvalue weighted by Gasteiger charge is -2.39. The van der Waals surface area contributed by atoms with Crippen LogP contribution in [0.15, 0.2) is 78.9 Å². The number of benzene rings is 3. The average molecular weight is 747 g/mol. The molecule has 1 unspecified atom stereocenters. The number of aromatic nitrogens is 5. The Kier molecular flexibility index (Phi) is 9.62. The number of pyridine rings is 1. The number of rotatable bonds is 11. The van der Waals surface area contributed by atoms with Gasteiger partial charge in [0.25, 0.3) is 5.91 Å². The van der Waals surface area contributed by atoms with Gasteiger partial charge in [0.2, 0.25) is 5.88 Å². The van der Waals surface area contributed by atoms with Crippen LogP contribution in [0.4, 0.5) is 10.1 Å². The fraction of sp³-hybridized carbons (Fsp3) is 0.300. The number of halogens is 2. The normalized spacial score (nSPS) is 17.7. The summed E-state index contributed by atoms with van der Waals surface area (Å²) < 4.78 is 28.2. The molecule has 1 amide bonds. The van der Waals surface area contributed by atoms with E-state index in [4.69, 9.17) is 31.0 Å². The summed E-state index contributed by atoms with van der Waals surface area (Å²) in [7, 11) is 3.86. The summed E-state index contributed by atoms with van der Waals surface area (Å²) in [6.07, 6.45) is 3.88. The molecule has 1 fully saturated rings. The van der Waals surface area contributed by atoms with Gasteiger partial charge < -0.3 is 19.4 Å². The first kappa shape index (κ1) is 35.2. The van der Waals surface area contributed by atoms with Crippen LogP contribution < -0.4 is 10.1 Å². The highest BCUT2D eigenvalue weighted by Crippen LogP contribution is 2.31. The number of aromatic amines is 1. The quantitative estimate of drug-likeness (QED) is 0.131. The Morgan fingerprint density at radius 1 is 1.11 bits per heavy atom. The summed E-state index contributed by atoms with van der Waals surface area (Å²) >= 11 is 5.89. The fourth-order valence-corrected chi connectivity index (χ4v) is 7.37. The third-order valence-corrected chi connectivity index (χ3v) is 10.7. The molecule has 3 radical (unpaired) electrons. The Labute approximate surface area is 314 Å². The van der Waals surface area contributed by atoms with Crippen LogP contribution in [0.25, 0.3) is 27.5 Å². The molecule has 1 atom stereocenters. The van der Waals surface area contributed by atoms with Crippen LogP contribution in [-0.4, -0.2) is 70.7 Å². The Bertz CT molecular complexity index is 2370. The largest absolute Gasteiger partial charge is 0.473 e. The molecule has 13 heteroatoms. The molecule has 2 aliphatic heterocycles. The highest BCUT2D eigenvalue weighted by molar-refractivity contribution is 6.30. The second-order valence-corrected chi connectivity index (χ2v) is 15.3. The molecule has 3 aromatic heterocycles. The number of imidazole rings is 1. The van der Waals surface area contributed by atoms with Crippen molar-refractivity contribution in [2.75, 3.05) is 25.0 Å². The average Bonchev–Trinajstić information content (AvgIpc) is 3.71. The number of carbonyl (C=O) groups is 1. The van der Waals surface area contributed by atoms with Crippen LogP contribution in [0.1, 0.15) is 65.7 Å². The van der Waals surface area contributed by atoms with E-state index in [1.165, 1.54) is 6.07 Å². The highest BCUT2D eigenvalue weighted by atomic mass is 35.5. The lowest BCUT2D eigenvalue weighted by Crippen LogP contribution is -2.48. The molecule has 0 aliphatic carbocycles. The number of ether oxygens (including phenoxy) is 2. The Morgan fingerprint density at radius 2 is 1.98 bits per heavy atom. The molecule has 6 aromatic rings. The van der Waals surface area contributed by atoms with Crippen molar-refractivity contribution in [3.63, 3.8) is 0 Å². The third kappa shape index (κ3) is 7.50. The van der Waals surface area contributed by atoms with E-state index < -0.39 is 11.0 Å². The van der Waals surface area contributed by atoms with Gasteiger partial charge in [-0.3, -0.25) is 14.8 Å². The van der Waals surface area contributed by atoms with E-state index in [2.05, 4.69) is 55.1 Å². The van der Waals surface area contributed by atoms with Crippen LogP contribution in [0.2, 0.25) is 5.02 Å². The van der Waals surface area contributed by atoms with Gasteiger partial charge in [0.1, 0.15) is 18.2 Å². The maximum absolute atomic E-state index is 14.3. The van der Waals surface area contributed by atoms with Crippen molar-refractivity contribution >= 4 is 60.9 Å². The van der Waals surface area contributed by atoms with Crippen molar-refractivity contribution in [2.24, 2.45) is 0 Å². The van der Waals surface area contributed by atoms with Gasteiger partial charge in [-0.1, -0.05) is 43.7 Å². The molecule has 0 saturated carbocycles. The SMILES string of the molecule is CC(C)c1[nH]nc2ccc(NC(=O)c3ccc4c(c3)nc(CN3CC=C(c5cccc(OCc6ccc(Cl)cc6F)n5)CC3)n4CC3([Si])CCO3)cc12. The molecule has 2 aliphatic rings. The van der Waals surface area contributed by atoms with E-state index in [-0.39, 0.29) is 18.4 Å². The molecule has 2 N–H and O–H groups in total. The monoisotopic (exact) mass is 746 g/mol. The number of H-pyrrole nitrogens is 1.